The molecule has 2 unspecified atom stereocenters. The van der Waals surface area contributed by atoms with Gasteiger partial charge in [0, 0.05) is 18.7 Å². The first-order valence-corrected chi connectivity index (χ1v) is 6.98. The number of nitrogens with one attached hydrogen (secondary N) is 1. The normalized spacial score (nSPS) is 22.6. The number of amides is 1. The standard InChI is InChI=1S/C15H20F2N2O/c1-9-6-11(13(17)7-12(9)16)15(20)19-8-10-4-2-3-5-14(10)18/h6-7,10,14H,2-5,8,18H2,1H3,(H,19,20). The molecule has 0 radical (unpaired) electrons. The third-order valence-electron chi connectivity index (χ3n) is 3.99. The first kappa shape index (κ1) is 14.9. The Morgan fingerprint density at radius 3 is 2.70 bits per heavy atom. The van der Waals surface area contributed by atoms with Crippen molar-refractivity contribution < 1.29 is 13.6 Å². The number of carbonyl (C=O) groups is 1. The molecular weight excluding hydrogens is 262 g/mol. The maximum Gasteiger partial charge on any atom is 0.254 e. The number of benzene rings is 1. The third-order valence-corrected chi connectivity index (χ3v) is 3.99. The minimum atomic E-state index is -0.835. The van der Waals surface area contributed by atoms with Gasteiger partial charge in [0.1, 0.15) is 11.6 Å². The molecule has 0 spiro atoms. The number of hydrogen-bond donors (Lipinski definition) is 2. The van der Waals surface area contributed by atoms with Gasteiger partial charge in [-0.25, -0.2) is 8.78 Å². The van der Waals surface area contributed by atoms with Gasteiger partial charge in [-0.05, 0) is 37.3 Å². The van der Waals surface area contributed by atoms with E-state index in [1.807, 2.05) is 0 Å². The quantitative estimate of drug-likeness (QED) is 0.895. The van der Waals surface area contributed by atoms with Crippen LogP contribution in [0.2, 0.25) is 0 Å². The van der Waals surface area contributed by atoms with Crippen LogP contribution in [0.3, 0.4) is 0 Å². The van der Waals surface area contributed by atoms with E-state index < -0.39 is 17.5 Å². The third kappa shape index (κ3) is 3.33. The van der Waals surface area contributed by atoms with Crippen molar-refractivity contribution in [1.82, 2.24) is 5.32 Å². The summed E-state index contributed by atoms with van der Waals surface area (Å²) in [6.45, 7) is 1.94. The van der Waals surface area contributed by atoms with E-state index in [0.717, 1.165) is 31.7 Å². The van der Waals surface area contributed by atoms with Crippen LogP contribution in [-0.4, -0.2) is 18.5 Å². The molecule has 0 saturated heterocycles. The molecule has 2 rings (SSSR count). The summed E-state index contributed by atoms with van der Waals surface area (Å²) >= 11 is 0. The second-order valence-corrected chi connectivity index (χ2v) is 5.50. The monoisotopic (exact) mass is 282 g/mol. The Bertz CT molecular complexity index is 505. The Balaban J connectivity index is 2.00. The van der Waals surface area contributed by atoms with Gasteiger partial charge in [0.15, 0.2) is 0 Å². The highest BCUT2D eigenvalue weighted by molar-refractivity contribution is 5.94. The summed E-state index contributed by atoms with van der Waals surface area (Å²) in [6, 6.07) is 2.07. The lowest BCUT2D eigenvalue weighted by Gasteiger charge is -2.28. The number of rotatable bonds is 3. The highest BCUT2D eigenvalue weighted by atomic mass is 19.1. The minimum absolute atomic E-state index is 0.0869. The smallest absolute Gasteiger partial charge is 0.254 e. The minimum Gasteiger partial charge on any atom is -0.352 e. The highest BCUT2D eigenvalue weighted by Gasteiger charge is 2.23. The van der Waals surface area contributed by atoms with E-state index in [1.165, 1.54) is 13.0 Å². The van der Waals surface area contributed by atoms with Gasteiger partial charge >= 0.3 is 0 Å². The van der Waals surface area contributed by atoms with Crippen LogP contribution in [0.4, 0.5) is 8.78 Å². The second kappa shape index (κ2) is 6.31. The fraction of sp³-hybridized carbons (Fsp3) is 0.533. The molecule has 20 heavy (non-hydrogen) atoms. The van der Waals surface area contributed by atoms with Crippen LogP contribution in [-0.2, 0) is 0 Å². The van der Waals surface area contributed by atoms with Crippen LogP contribution >= 0.6 is 0 Å². The van der Waals surface area contributed by atoms with Crippen molar-refractivity contribution in [3.8, 4) is 0 Å². The predicted molar refractivity (Wildman–Crippen MR) is 73.4 cm³/mol. The van der Waals surface area contributed by atoms with Crippen molar-refractivity contribution in [1.29, 1.82) is 0 Å². The van der Waals surface area contributed by atoms with Gasteiger partial charge in [-0.3, -0.25) is 4.79 Å². The van der Waals surface area contributed by atoms with E-state index in [1.54, 1.807) is 0 Å². The summed E-state index contributed by atoms with van der Waals surface area (Å²) in [4.78, 5) is 12.0. The van der Waals surface area contributed by atoms with E-state index in [4.69, 9.17) is 5.73 Å². The van der Waals surface area contributed by atoms with Crippen LogP contribution in [0.1, 0.15) is 41.6 Å². The lowest BCUT2D eigenvalue weighted by Crippen LogP contribution is -2.41. The van der Waals surface area contributed by atoms with Gasteiger partial charge in [-0.2, -0.15) is 0 Å². The van der Waals surface area contributed by atoms with E-state index >= 15 is 0 Å². The Hall–Kier alpha value is -1.49. The fourth-order valence-electron chi connectivity index (χ4n) is 2.64. The molecule has 1 aliphatic rings. The van der Waals surface area contributed by atoms with Crippen LogP contribution in [0.5, 0.6) is 0 Å². The van der Waals surface area contributed by atoms with Gasteiger partial charge < -0.3 is 11.1 Å². The molecule has 3 nitrogen and oxygen atoms in total. The van der Waals surface area contributed by atoms with Gasteiger partial charge in [-0.15, -0.1) is 0 Å². The molecule has 1 saturated carbocycles. The Morgan fingerprint density at radius 1 is 1.30 bits per heavy atom. The van der Waals surface area contributed by atoms with Crippen LogP contribution in [0.25, 0.3) is 0 Å². The molecule has 0 bridgehead atoms. The van der Waals surface area contributed by atoms with Gasteiger partial charge in [0.25, 0.3) is 5.91 Å². The molecule has 0 aromatic heterocycles. The van der Waals surface area contributed by atoms with E-state index in [-0.39, 0.29) is 23.1 Å². The molecule has 3 N–H and O–H groups in total. The van der Waals surface area contributed by atoms with Crippen LogP contribution < -0.4 is 11.1 Å². The number of carbonyl (C=O) groups excluding carboxylic acids is 1. The van der Waals surface area contributed by atoms with Gasteiger partial charge in [0.05, 0.1) is 5.56 Å². The zero-order valence-corrected chi connectivity index (χ0v) is 11.6. The van der Waals surface area contributed by atoms with Crippen molar-refractivity contribution in [2.24, 2.45) is 11.7 Å². The average molecular weight is 282 g/mol. The van der Waals surface area contributed by atoms with Crippen molar-refractivity contribution in [3.05, 3.63) is 34.9 Å². The predicted octanol–water partition coefficient (Wildman–Crippen LogP) is 2.52. The zero-order chi connectivity index (χ0) is 14.7. The first-order valence-electron chi connectivity index (χ1n) is 6.98. The maximum atomic E-state index is 13.6. The summed E-state index contributed by atoms with van der Waals surface area (Å²) < 4.78 is 26.8. The Morgan fingerprint density at radius 2 is 2.00 bits per heavy atom. The Labute approximate surface area is 117 Å². The van der Waals surface area contributed by atoms with E-state index in [9.17, 15) is 13.6 Å². The lowest BCUT2D eigenvalue weighted by molar-refractivity contribution is 0.0937. The topological polar surface area (TPSA) is 55.1 Å². The van der Waals surface area contributed by atoms with E-state index in [0.29, 0.717) is 6.54 Å². The molecule has 1 aromatic rings. The molecule has 2 atom stereocenters. The van der Waals surface area contributed by atoms with Crippen LogP contribution in [0.15, 0.2) is 12.1 Å². The lowest BCUT2D eigenvalue weighted by atomic mass is 9.85. The number of halogens is 2. The largest absolute Gasteiger partial charge is 0.352 e. The molecule has 0 heterocycles. The molecule has 1 fully saturated rings. The maximum absolute atomic E-state index is 13.6. The van der Waals surface area contributed by atoms with E-state index in [2.05, 4.69) is 5.32 Å². The number of aryl methyl sites for hydroxylation is 1. The van der Waals surface area contributed by atoms with Crippen LogP contribution in [0, 0.1) is 24.5 Å². The van der Waals surface area contributed by atoms with Crippen molar-refractivity contribution in [2.45, 2.75) is 38.6 Å². The first-order chi connectivity index (χ1) is 9.49. The number of hydrogen-bond acceptors (Lipinski definition) is 2. The average Bonchev–Trinajstić information content (AvgIpc) is 2.41. The molecule has 110 valence electrons. The molecular formula is C15H20F2N2O. The molecule has 0 aliphatic heterocycles. The summed E-state index contributed by atoms with van der Waals surface area (Å²) in [7, 11) is 0. The SMILES string of the molecule is Cc1cc(C(=O)NCC2CCCCC2N)c(F)cc1F. The summed E-state index contributed by atoms with van der Waals surface area (Å²) in [5, 5.41) is 2.71. The van der Waals surface area contributed by atoms with Crippen molar-refractivity contribution >= 4 is 5.91 Å². The molecule has 1 aliphatic carbocycles. The molecule has 5 heteroatoms. The zero-order valence-electron chi connectivity index (χ0n) is 11.6. The van der Waals surface area contributed by atoms with Gasteiger partial charge in [0.2, 0.25) is 0 Å². The second-order valence-electron chi connectivity index (χ2n) is 5.50. The summed E-state index contributed by atoms with van der Waals surface area (Å²) in [6.07, 6.45) is 4.17. The molecule has 1 amide bonds. The fourth-order valence-corrected chi connectivity index (χ4v) is 2.64. The molecule has 1 aromatic carbocycles. The summed E-state index contributed by atoms with van der Waals surface area (Å²) in [5.41, 5.74) is 6.14. The number of nitrogens with two attached hydrogens (primary N) is 1. The Kier molecular flexibility index (Phi) is 4.70. The highest BCUT2D eigenvalue weighted by Crippen LogP contribution is 2.22. The van der Waals surface area contributed by atoms with Gasteiger partial charge in [-0.1, -0.05) is 12.8 Å². The summed E-state index contributed by atoms with van der Waals surface area (Å²) in [5.74, 6) is -1.76. The van der Waals surface area contributed by atoms with Crippen molar-refractivity contribution in [2.75, 3.05) is 6.54 Å². The van der Waals surface area contributed by atoms with Crippen molar-refractivity contribution in [3.63, 3.8) is 0 Å².